The quantitative estimate of drug-likeness (QED) is 0.528. The van der Waals surface area contributed by atoms with E-state index in [2.05, 4.69) is 10.2 Å². The number of fused-ring (bicyclic) bond motifs is 2. The van der Waals surface area contributed by atoms with E-state index in [9.17, 15) is 9.18 Å². The Labute approximate surface area is 203 Å². The summed E-state index contributed by atoms with van der Waals surface area (Å²) in [4.78, 5) is 21.7. The molecule has 0 bridgehead atoms. The van der Waals surface area contributed by atoms with Crippen LogP contribution in [0.3, 0.4) is 0 Å². The summed E-state index contributed by atoms with van der Waals surface area (Å²) in [6.45, 7) is 4.33. The number of para-hydroxylation sites is 1. The van der Waals surface area contributed by atoms with E-state index >= 15 is 0 Å². The number of carbonyl (C=O) groups excluding carboxylic acids is 1. The van der Waals surface area contributed by atoms with Crippen LogP contribution in [0.4, 0.5) is 20.6 Å². The summed E-state index contributed by atoms with van der Waals surface area (Å²) in [5.74, 6) is 2.43. The SMILES string of the molecule is COc1ccc2c(c1)C(N1CCCN(C(=O)Nc3ccccc3F)CC1)=Nc1ccc(C)cc1O2. The Balaban J connectivity index is 1.42. The normalized spacial score (nSPS) is 15.1. The van der Waals surface area contributed by atoms with Crippen LogP contribution in [0.15, 0.2) is 65.7 Å². The number of rotatable bonds is 2. The number of hydrogen-bond acceptors (Lipinski definition) is 5. The Morgan fingerprint density at radius 3 is 2.71 bits per heavy atom. The molecule has 35 heavy (non-hydrogen) atoms. The lowest BCUT2D eigenvalue weighted by Crippen LogP contribution is -2.39. The Morgan fingerprint density at radius 2 is 1.89 bits per heavy atom. The minimum absolute atomic E-state index is 0.178. The van der Waals surface area contributed by atoms with Crippen LogP contribution in [0, 0.1) is 12.7 Å². The van der Waals surface area contributed by atoms with Crippen LogP contribution < -0.4 is 14.8 Å². The molecule has 0 radical (unpaired) electrons. The first-order valence-corrected chi connectivity index (χ1v) is 11.6. The van der Waals surface area contributed by atoms with Gasteiger partial charge in [-0.2, -0.15) is 0 Å². The Morgan fingerprint density at radius 1 is 1.03 bits per heavy atom. The average Bonchev–Trinajstić information content (AvgIpc) is 3.19. The molecule has 7 nitrogen and oxygen atoms in total. The van der Waals surface area contributed by atoms with Gasteiger partial charge >= 0.3 is 6.03 Å². The maximum Gasteiger partial charge on any atom is 0.321 e. The summed E-state index contributed by atoms with van der Waals surface area (Å²) in [5.41, 5.74) is 2.85. The molecule has 2 aliphatic heterocycles. The minimum Gasteiger partial charge on any atom is -0.497 e. The first-order chi connectivity index (χ1) is 17.0. The maximum absolute atomic E-state index is 14.0. The molecular weight excluding hydrogens is 447 g/mol. The number of aliphatic imine (C=N–C) groups is 1. The molecule has 1 saturated heterocycles. The van der Waals surface area contributed by atoms with E-state index in [0.29, 0.717) is 43.4 Å². The molecular formula is C27H27FN4O3. The van der Waals surface area contributed by atoms with Crippen LogP contribution in [0.25, 0.3) is 0 Å². The van der Waals surface area contributed by atoms with Gasteiger partial charge in [0.25, 0.3) is 0 Å². The zero-order valence-electron chi connectivity index (χ0n) is 19.8. The molecule has 0 aromatic heterocycles. The average molecular weight is 475 g/mol. The summed E-state index contributed by atoms with van der Waals surface area (Å²) in [6.07, 6.45) is 0.741. The van der Waals surface area contributed by atoms with E-state index in [1.807, 2.05) is 43.3 Å². The van der Waals surface area contributed by atoms with Gasteiger partial charge in [-0.1, -0.05) is 18.2 Å². The van der Waals surface area contributed by atoms with Crippen LogP contribution in [0.2, 0.25) is 0 Å². The van der Waals surface area contributed by atoms with Crippen LogP contribution in [0.5, 0.6) is 17.2 Å². The standard InChI is InChI=1S/C27H27FN4O3/c1-18-8-10-23-25(16-18)35-24-11-9-19(34-2)17-20(24)26(29-23)31-12-5-13-32(15-14-31)27(33)30-22-7-4-3-6-21(22)28/h3-4,6-11,16-17H,5,12-15H2,1-2H3,(H,30,33). The highest BCUT2D eigenvalue weighted by atomic mass is 19.1. The van der Waals surface area contributed by atoms with E-state index in [1.54, 1.807) is 30.2 Å². The summed E-state index contributed by atoms with van der Waals surface area (Å²) >= 11 is 0. The number of nitrogens with one attached hydrogen (secondary N) is 1. The molecule has 8 heteroatoms. The fourth-order valence-corrected chi connectivity index (χ4v) is 4.32. The smallest absolute Gasteiger partial charge is 0.321 e. The van der Waals surface area contributed by atoms with Crippen molar-refractivity contribution in [2.24, 2.45) is 4.99 Å². The summed E-state index contributed by atoms with van der Waals surface area (Å²) < 4.78 is 25.7. The largest absolute Gasteiger partial charge is 0.497 e. The lowest BCUT2D eigenvalue weighted by molar-refractivity contribution is 0.214. The van der Waals surface area contributed by atoms with Crippen molar-refractivity contribution in [2.45, 2.75) is 13.3 Å². The number of halogens is 1. The maximum atomic E-state index is 14.0. The highest BCUT2D eigenvalue weighted by Gasteiger charge is 2.27. The molecule has 2 heterocycles. The van der Waals surface area contributed by atoms with Gasteiger partial charge in [0.2, 0.25) is 0 Å². The Hall–Kier alpha value is -4.07. The number of anilines is 1. The molecule has 0 aliphatic carbocycles. The summed E-state index contributed by atoms with van der Waals surface area (Å²) in [6, 6.07) is 17.5. The number of methoxy groups -OCH3 is 1. The van der Waals surface area contributed by atoms with Crippen LogP contribution in [-0.2, 0) is 0 Å². The number of hydrogen-bond donors (Lipinski definition) is 1. The third-order valence-corrected chi connectivity index (χ3v) is 6.19. The van der Waals surface area contributed by atoms with Crippen LogP contribution in [0.1, 0.15) is 17.5 Å². The number of amides is 2. The van der Waals surface area contributed by atoms with Gasteiger partial charge in [-0.05, 0) is 61.4 Å². The van der Waals surface area contributed by atoms with Crippen LogP contribution in [-0.4, -0.2) is 55.0 Å². The summed E-state index contributed by atoms with van der Waals surface area (Å²) in [7, 11) is 1.63. The van der Waals surface area contributed by atoms with Crippen molar-refractivity contribution >= 4 is 23.2 Å². The Bertz CT molecular complexity index is 1290. The topological polar surface area (TPSA) is 66.4 Å². The van der Waals surface area contributed by atoms with Crippen molar-refractivity contribution in [2.75, 3.05) is 38.6 Å². The second kappa shape index (κ2) is 9.66. The van der Waals surface area contributed by atoms with E-state index in [1.165, 1.54) is 6.07 Å². The lowest BCUT2D eigenvalue weighted by atomic mass is 10.1. The first-order valence-electron chi connectivity index (χ1n) is 11.6. The van der Waals surface area contributed by atoms with Gasteiger partial charge in [0.15, 0.2) is 5.75 Å². The van der Waals surface area contributed by atoms with Gasteiger partial charge in [0, 0.05) is 26.2 Å². The highest BCUT2D eigenvalue weighted by molar-refractivity contribution is 6.04. The number of amidine groups is 1. The van der Waals surface area contributed by atoms with Gasteiger partial charge in [-0.15, -0.1) is 0 Å². The van der Waals surface area contributed by atoms with Crippen molar-refractivity contribution < 1.29 is 18.7 Å². The molecule has 1 fully saturated rings. The van der Waals surface area contributed by atoms with Gasteiger partial charge in [0.1, 0.15) is 28.8 Å². The van der Waals surface area contributed by atoms with Gasteiger partial charge in [0.05, 0.1) is 18.4 Å². The fourth-order valence-electron chi connectivity index (χ4n) is 4.32. The van der Waals surface area contributed by atoms with Crippen molar-refractivity contribution in [3.05, 3.63) is 77.6 Å². The second-order valence-electron chi connectivity index (χ2n) is 8.61. The predicted octanol–water partition coefficient (Wildman–Crippen LogP) is 5.57. The molecule has 3 aromatic rings. The molecule has 1 N–H and O–H groups in total. The molecule has 5 rings (SSSR count). The molecule has 2 amide bonds. The van der Waals surface area contributed by atoms with Gasteiger partial charge < -0.3 is 24.6 Å². The third-order valence-electron chi connectivity index (χ3n) is 6.19. The molecule has 180 valence electrons. The van der Waals surface area contributed by atoms with Crippen molar-refractivity contribution in [3.63, 3.8) is 0 Å². The van der Waals surface area contributed by atoms with E-state index in [0.717, 1.165) is 29.1 Å². The molecule has 3 aromatic carbocycles. The van der Waals surface area contributed by atoms with E-state index in [4.69, 9.17) is 14.5 Å². The van der Waals surface area contributed by atoms with E-state index in [-0.39, 0.29) is 11.7 Å². The molecule has 0 atom stereocenters. The first kappa shape index (κ1) is 22.7. The lowest BCUT2D eigenvalue weighted by Gasteiger charge is -2.25. The van der Waals surface area contributed by atoms with Crippen molar-refractivity contribution in [1.29, 1.82) is 0 Å². The van der Waals surface area contributed by atoms with Gasteiger partial charge in [-0.25, -0.2) is 14.2 Å². The van der Waals surface area contributed by atoms with Crippen molar-refractivity contribution in [3.8, 4) is 17.2 Å². The highest BCUT2D eigenvalue weighted by Crippen LogP contribution is 2.40. The number of benzene rings is 3. The Kier molecular flexibility index (Phi) is 6.27. The predicted molar refractivity (Wildman–Crippen MR) is 134 cm³/mol. The number of ether oxygens (including phenoxy) is 2. The monoisotopic (exact) mass is 474 g/mol. The molecule has 0 spiro atoms. The number of urea groups is 1. The zero-order chi connectivity index (χ0) is 24.4. The number of nitrogens with zero attached hydrogens (tertiary/aromatic N) is 3. The zero-order valence-corrected chi connectivity index (χ0v) is 19.8. The number of aryl methyl sites for hydroxylation is 1. The van der Waals surface area contributed by atoms with Crippen LogP contribution >= 0.6 is 0 Å². The second-order valence-corrected chi connectivity index (χ2v) is 8.61. The van der Waals surface area contributed by atoms with E-state index < -0.39 is 5.82 Å². The molecule has 0 saturated carbocycles. The summed E-state index contributed by atoms with van der Waals surface area (Å²) in [5, 5.41) is 2.69. The minimum atomic E-state index is -0.454. The number of carbonyl (C=O) groups is 1. The van der Waals surface area contributed by atoms with Crippen molar-refractivity contribution in [1.82, 2.24) is 9.80 Å². The molecule has 0 unspecified atom stereocenters. The van der Waals surface area contributed by atoms with Gasteiger partial charge in [-0.3, -0.25) is 0 Å². The fraction of sp³-hybridized carbons (Fsp3) is 0.259. The third kappa shape index (κ3) is 4.77. The molecule has 2 aliphatic rings.